The molecular formula is C18H27ClN2O2S. The Labute approximate surface area is 150 Å². The van der Waals surface area contributed by atoms with Gasteiger partial charge in [-0.3, -0.25) is 0 Å². The van der Waals surface area contributed by atoms with E-state index in [0.29, 0.717) is 29.0 Å². The summed E-state index contributed by atoms with van der Waals surface area (Å²) >= 11 is 6.11. The molecule has 0 spiro atoms. The van der Waals surface area contributed by atoms with Gasteiger partial charge in [-0.15, -0.1) is 0 Å². The van der Waals surface area contributed by atoms with E-state index in [0.717, 1.165) is 18.4 Å². The Bertz CT molecular complexity index is 662. The molecule has 0 unspecified atom stereocenters. The van der Waals surface area contributed by atoms with E-state index >= 15 is 0 Å². The van der Waals surface area contributed by atoms with E-state index in [1.165, 1.54) is 38.8 Å². The molecule has 0 radical (unpaired) electrons. The highest BCUT2D eigenvalue weighted by atomic mass is 35.5. The van der Waals surface area contributed by atoms with Crippen LogP contribution in [0.15, 0.2) is 23.1 Å². The van der Waals surface area contributed by atoms with Gasteiger partial charge < -0.3 is 4.90 Å². The minimum Gasteiger partial charge on any atom is -0.300 e. The van der Waals surface area contributed by atoms with Crippen molar-refractivity contribution in [2.75, 3.05) is 26.2 Å². The van der Waals surface area contributed by atoms with Gasteiger partial charge in [-0.25, -0.2) is 8.42 Å². The van der Waals surface area contributed by atoms with E-state index < -0.39 is 10.0 Å². The molecule has 2 aliphatic heterocycles. The Morgan fingerprint density at radius 2 is 1.62 bits per heavy atom. The van der Waals surface area contributed by atoms with Crippen LogP contribution in [0.2, 0.25) is 5.02 Å². The Hall–Kier alpha value is -0.620. The van der Waals surface area contributed by atoms with Gasteiger partial charge in [-0.2, -0.15) is 4.31 Å². The van der Waals surface area contributed by atoms with Crippen LogP contribution in [0, 0.1) is 6.92 Å². The number of aryl methyl sites for hydroxylation is 1. The zero-order valence-corrected chi connectivity index (χ0v) is 16.0. The van der Waals surface area contributed by atoms with Crippen molar-refractivity contribution in [3.8, 4) is 0 Å². The predicted molar refractivity (Wildman–Crippen MR) is 98.0 cm³/mol. The number of nitrogens with zero attached hydrogens (tertiary/aromatic N) is 2. The van der Waals surface area contributed by atoms with E-state index in [1.807, 2.05) is 6.92 Å². The number of piperidine rings is 1. The van der Waals surface area contributed by atoms with Gasteiger partial charge >= 0.3 is 0 Å². The van der Waals surface area contributed by atoms with E-state index in [2.05, 4.69) is 4.90 Å². The number of rotatable bonds is 3. The normalized spacial score (nSPS) is 22.4. The van der Waals surface area contributed by atoms with E-state index in [4.69, 9.17) is 11.6 Å². The molecule has 0 saturated carbocycles. The highest BCUT2D eigenvalue weighted by Crippen LogP contribution is 2.27. The first-order chi connectivity index (χ1) is 11.5. The highest BCUT2D eigenvalue weighted by molar-refractivity contribution is 7.89. The van der Waals surface area contributed by atoms with Crippen LogP contribution in [-0.4, -0.2) is 49.8 Å². The van der Waals surface area contributed by atoms with Crippen LogP contribution < -0.4 is 0 Å². The molecule has 4 nitrogen and oxygen atoms in total. The van der Waals surface area contributed by atoms with Crippen molar-refractivity contribution in [1.29, 1.82) is 0 Å². The summed E-state index contributed by atoms with van der Waals surface area (Å²) in [5.74, 6) is 0. The molecule has 0 aliphatic carbocycles. The van der Waals surface area contributed by atoms with Crippen LogP contribution in [-0.2, 0) is 10.0 Å². The summed E-state index contributed by atoms with van der Waals surface area (Å²) in [6.45, 7) is 5.44. The molecule has 2 saturated heterocycles. The third-order valence-corrected chi connectivity index (χ3v) is 7.66. The quantitative estimate of drug-likeness (QED) is 0.814. The van der Waals surface area contributed by atoms with Crippen molar-refractivity contribution >= 4 is 21.6 Å². The predicted octanol–water partition coefficient (Wildman–Crippen LogP) is 3.68. The third-order valence-electron chi connectivity index (χ3n) is 5.36. The molecule has 0 amide bonds. The van der Waals surface area contributed by atoms with Crippen molar-refractivity contribution in [2.24, 2.45) is 0 Å². The number of halogens is 1. The molecule has 6 heteroatoms. The molecule has 24 heavy (non-hydrogen) atoms. The second-order valence-corrected chi connectivity index (χ2v) is 9.34. The lowest BCUT2D eigenvalue weighted by Gasteiger charge is -2.37. The van der Waals surface area contributed by atoms with E-state index in [-0.39, 0.29) is 0 Å². The number of sulfonamides is 1. The number of likely N-dealkylation sites (tertiary alicyclic amines) is 1. The fourth-order valence-electron chi connectivity index (χ4n) is 3.79. The second-order valence-electron chi connectivity index (χ2n) is 7.00. The van der Waals surface area contributed by atoms with E-state index in [1.54, 1.807) is 22.5 Å². The summed E-state index contributed by atoms with van der Waals surface area (Å²) in [5.41, 5.74) is 0.899. The summed E-state index contributed by atoms with van der Waals surface area (Å²) in [4.78, 5) is 2.89. The smallest absolute Gasteiger partial charge is 0.243 e. The molecule has 0 atom stereocenters. The lowest BCUT2D eigenvalue weighted by Crippen LogP contribution is -2.47. The van der Waals surface area contributed by atoms with Gasteiger partial charge in [0, 0.05) is 24.2 Å². The molecule has 3 rings (SSSR count). The Morgan fingerprint density at radius 1 is 1.00 bits per heavy atom. The van der Waals surface area contributed by atoms with Crippen LogP contribution in [0.4, 0.5) is 0 Å². The van der Waals surface area contributed by atoms with Crippen molar-refractivity contribution in [1.82, 2.24) is 9.21 Å². The number of benzene rings is 1. The van der Waals surface area contributed by atoms with Crippen LogP contribution >= 0.6 is 11.6 Å². The summed E-state index contributed by atoms with van der Waals surface area (Å²) in [6, 6.07) is 5.56. The number of hydrogen-bond donors (Lipinski definition) is 0. The minimum absolute atomic E-state index is 0.311. The molecule has 0 bridgehead atoms. The second kappa shape index (κ2) is 7.73. The van der Waals surface area contributed by atoms with Gasteiger partial charge in [-0.1, -0.05) is 30.5 Å². The van der Waals surface area contributed by atoms with Gasteiger partial charge in [0.05, 0.1) is 4.90 Å². The Kier molecular flexibility index (Phi) is 5.85. The summed E-state index contributed by atoms with van der Waals surface area (Å²) in [6.07, 6.45) is 7.08. The fourth-order valence-corrected chi connectivity index (χ4v) is 5.53. The maximum atomic E-state index is 12.8. The monoisotopic (exact) mass is 370 g/mol. The fraction of sp³-hybridized carbons (Fsp3) is 0.667. The molecule has 2 aliphatic rings. The zero-order chi connectivity index (χ0) is 17.2. The molecule has 0 aromatic heterocycles. The molecule has 1 aromatic carbocycles. The highest BCUT2D eigenvalue weighted by Gasteiger charge is 2.31. The topological polar surface area (TPSA) is 40.6 Å². The molecule has 0 N–H and O–H groups in total. The van der Waals surface area contributed by atoms with Crippen LogP contribution in [0.5, 0.6) is 0 Å². The van der Waals surface area contributed by atoms with Crippen molar-refractivity contribution in [3.63, 3.8) is 0 Å². The van der Waals surface area contributed by atoms with Crippen LogP contribution in [0.25, 0.3) is 0 Å². The number of hydrogen-bond acceptors (Lipinski definition) is 3. The van der Waals surface area contributed by atoms with Crippen LogP contribution in [0.3, 0.4) is 0 Å². The molecule has 2 heterocycles. The first-order valence-corrected chi connectivity index (χ1v) is 10.8. The minimum atomic E-state index is -3.43. The molecule has 1 aromatic rings. The van der Waals surface area contributed by atoms with Gasteiger partial charge in [0.15, 0.2) is 0 Å². The molecule has 134 valence electrons. The zero-order valence-electron chi connectivity index (χ0n) is 14.4. The average Bonchev–Trinajstić information content (AvgIpc) is 2.86. The van der Waals surface area contributed by atoms with Gasteiger partial charge in [0.2, 0.25) is 10.0 Å². The lowest BCUT2D eigenvalue weighted by atomic mass is 10.0. The molecular weight excluding hydrogens is 344 g/mol. The van der Waals surface area contributed by atoms with Gasteiger partial charge in [-0.05, 0) is 63.4 Å². The molecule has 2 fully saturated rings. The van der Waals surface area contributed by atoms with Gasteiger partial charge in [0.25, 0.3) is 0 Å². The third kappa shape index (κ3) is 3.96. The van der Waals surface area contributed by atoms with Gasteiger partial charge in [0.1, 0.15) is 0 Å². The largest absolute Gasteiger partial charge is 0.300 e. The van der Waals surface area contributed by atoms with Crippen molar-refractivity contribution < 1.29 is 8.42 Å². The van der Waals surface area contributed by atoms with Crippen molar-refractivity contribution in [2.45, 2.75) is 56.4 Å². The lowest BCUT2D eigenvalue weighted by molar-refractivity contribution is 0.144. The first kappa shape index (κ1) is 18.2. The SMILES string of the molecule is Cc1ccc(S(=O)(=O)N2CCC(N3CCCCCC3)CC2)cc1Cl. The van der Waals surface area contributed by atoms with Crippen LogP contribution in [0.1, 0.15) is 44.1 Å². The first-order valence-electron chi connectivity index (χ1n) is 8.99. The van der Waals surface area contributed by atoms with Crippen molar-refractivity contribution in [3.05, 3.63) is 28.8 Å². The summed E-state index contributed by atoms with van der Waals surface area (Å²) < 4.78 is 27.3. The Morgan fingerprint density at radius 3 is 2.21 bits per heavy atom. The maximum Gasteiger partial charge on any atom is 0.243 e. The van der Waals surface area contributed by atoms with E-state index in [9.17, 15) is 8.42 Å². The Balaban J connectivity index is 1.65. The average molecular weight is 371 g/mol. The standard InChI is InChI=1S/C18H27ClN2O2S/c1-15-6-7-17(14-18(15)19)24(22,23)21-12-8-16(9-13-21)20-10-4-2-3-5-11-20/h6-7,14,16H,2-5,8-13H2,1H3. The maximum absolute atomic E-state index is 12.8. The summed E-state index contributed by atoms with van der Waals surface area (Å²) in [5, 5.41) is 0.510. The summed E-state index contributed by atoms with van der Waals surface area (Å²) in [7, 11) is -3.43.